The molecule has 0 radical (unpaired) electrons. The first kappa shape index (κ1) is 18.5. The molecule has 26 heavy (non-hydrogen) atoms. The van der Waals surface area contributed by atoms with Gasteiger partial charge < -0.3 is 10.2 Å². The largest absolute Gasteiger partial charge is 0.374 e. The predicted octanol–water partition coefficient (Wildman–Crippen LogP) is 3.32. The lowest BCUT2D eigenvalue weighted by Crippen LogP contribution is -2.47. The van der Waals surface area contributed by atoms with E-state index in [1.54, 1.807) is 35.2 Å². The van der Waals surface area contributed by atoms with Crippen LogP contribution in [0.3, 0.4) is 0 Å². The van der Waals surface area contributed by atoms with Gasteiger partial charge in [0.05, 0.1) is 17.0 Å². The SMILES string of the molecule is CS(=O)(=O)Nc1ccc(NC2CCCN(c3ccccc3Cl)C2=O)cc1. The molecule has 1 amide bonds. The summed E-state index contributed by atoms with van der Waals surface area (Å²) >= 11 is 6.23. The van der Waals surface area contributed by atoms with E-state index < -0.39 is 10.0 Å². The first-order valence-electron chi connectivity index (χ1n) is 8.24. The Kier molecular flexibility index (Phi) is 5.38. The molecule has 138 valence electrons. The first-order valence-corrected chi connectivity index (χ1v) is 10.5. The van der Waals surface area contributed by atoms with Gasteiger partial charge in [0.25, 0.3) is 0 Å². The number of hydrogen-bond donors (Lipinski definition) is 2. The van der Waals surface area contributed by atoms with Gasteiger partial charge in [-0.2, -0.15) is 0 Å². The lowest BCUT2D eigenvalue weighted by atomic mass is 10.0. The molecule has 0 aromatic heterocycles. The van der Waals surface area contributed by atoms with Crippen LogP contribution in [0.4, 0.5) is 17.1 Å². The second-order valence-electron chi connectivity index (χ2n) is 6.23. The van der Waals surface area contributed by atoms with Gasteiger partial charge in [0, 0.05) is 17.9 Å². The Hall–Kier alpha value is -2.25. The van der Waals surface area contributed by atoms with Crippen LogP contribution in [0.25, 0.3) is 0 Å². The lowest BCUT2D eigenvalue weighted by Gasteiger charge is -2.33. The van der Waals surface area contributed by atoms with E-state index in [0.29, 0.717) is 17.3 Å². The van der Waals surface area contributed by atoms with Crippen LogP contribution in [0.1, 0.15) is 12.8 Å². The zero-order valence-electron chi connectivity index (χ0n) is 14.3. The fraction of sp³-hybridized carbons (Fsp3) is 0.278. The van der Waals surface area contributed by atoms with Crippen molar-refractivity contribution in [3.63, 3.8) is 0 Å². The lowest BCUT2D eigenvalue weighted by molar-refractivity contribution is -0.120. The summed E-state index contributed by atoms with van der Waals surface area (Å²) in [4.78, 5) is 14.6. The maximum absolute atomic E-state index is 12.9. The number of nitrogens with zero attached hydrogens (tertiary/aromatic N) is 1. The number of carbonyl (C=O) groups excluding carboxylic acids is 1. The number of rotatable bonds is 5. The number of amides is 1. The van der Waals surface area contributed by atoms with E-state index in [2.05, 4.69) is 10.0 Å². The van der Waals surface area contributed by atoms with Crippen molar-refractivity contribution in [1.29, 1.82) is 0 Å². The van der Waals surface area contributed by atoms with Crippen molar-refractivity contribution < 1.29 is 13.2 Å². The Morgan fingerprint density at radius 1 is 1.08 bits per heavy atom. The van der Waals surface area contributed by atoms with Crippen LogP contribution in [0, 0.1) is 0 Å². The second kappa shape index (κ2) is 7.55. The molecule has 3 rings (SSSR count). The molecule has 1 atom stereocenters. The number of anilines is 3. The molecule has 6 nitrogen and oxygen atoms in total. The van der Waals surface area contributed by atoms with E-state index >= 15 is 0 Å². The molecule has 0 aliphatic carbocycles. The number of sulfonamides is 1. The molecule has 1 unspecified atom stereocenters. The molecule has 0 bridgehead atoms. The molecular formula is C18H20ClN3O3S. The number of para-hydroxylation sites is 1. The van der Waals surface area contributed by atoms with E-state index in [0.717, 1.165) is 30.5 Å². The summed E-state index contributed by atoms with van der Waals surface area (Å²) in [5, 5.41) is 3.78. The van der Waals surface area contributed by atoms with Gasteiger partial charge in [-0.25, -0.2) is 8.42 Å². The molecule has 2 aromatic rings. The Balaban J connectivity index is 1.72. The number of hydrogen-bond acceptors (Lipinski definition) is 4. The smallest absolute Gasteiger partial charge is 0.249 e. The summed E-state index contributed by atoms with van der Waals surface area (Å²) in [6, 6.07) is 13.8. The van der Waals surface area contributed by atoms with Crippen LogP contribution in [0.15, 0.2) is 48.5 Å². The highest BCUT2D eigenvalue weighted by Gasteiger charge is 2.30. The normalized spacial score (nSPS) is 17.8. The standard InChI is InChI=1S/C18H20ClN3O3S/c1-26(24,25)21-14-10-8-13(9-11-14)20-16-6-4-12-22(18(16)23)17-7-3-2-5-15(17)19/h2-3,5,7-11,16,20-21H,4,6,12H2,1H3. The molecule has 1 saturated heterocycles. The molecule has 8 heteroatoms. The van der Waals surface area contributed by atoms with Gasteiger partial charge in [-0.15, -0.1) is 0 Å². The molecule has 2 aromatic carbocycles. The molecule has 1 aliphatic heterocycles. The fourth-order valence-corrected chi connectivity index (χ4v) is 3.77. The zero-order valence-corrected chi connectivity index (χ0v) is 15.8. The van der Waals surface area contributed by atoms with Crippen LogP contribution < -0.4 is 14.9 Å². The van der Waals surface area contributed by atoms with Gasteiger partial charge in [-0.05, 0) is 49.2 Å². The number of carbonyl (C=O) groups is 1. The van der Waals surface area contributed by atoms with Crippen LogP contribution in [-0.2, 0) is 14.8 Å². The Morgan fingerprint density at radius 3 is 2.38 bits per heavy atom. The second-order valence-corrected chi connectivity index (χ2v) is 8.39. The Morgan fingerprint density at radius 2 is 1.73 bits per heavy atom. The van der Waals surface area contributed by atoms with Gasteiger partial charge >= 0.3 is 0 Å². The van der Waals surface area contributed by atoms with E-state index in [1.807, 2.05) is 18.2 Å². The summed E-state index contributed by atoms with van der Waals surface area (Å²) in [7, 11) is -3.31. The Bertz CT molecular complexity index is 900. The molecule has 1 heterocycles. The zero-order chi connectivity index (χ0) is 18.7. The van der Waals surface area contributed by atoms with Gasteiger partial charge in [0.2, 0.25) is 15.9 Å². The van der Waals surface area contributed by atoms with E-state index in [9.17, 15) is 13.2 Å². The van der Waals surface area contributed by atoms with Crippen molar-refractivity contribution in [3.8, 4) is 0 Å². The van der Waals surface area contributed by atoms with Gasteiger partial charge in [0.1, 0.15) is 6.04 Å². The molecule has 0 saturated carbocycles. The third kappa shape index (κ3) is 4.47. The van der Waals surface area contributed by atoms with Crippen molar-refractivity contribution in [2.24, 2.45) is 0 Å². The Labute approximate surface area is 158 Å². The van der Waals surface area contributed by atoms with Gasteiger partial charge in [-0.1, -0.05) is 23.7 Å². The molecule has 1 aliphatic rings. The van der Waals surface area contributed by atoms with E-state index in [-0.39, 0.29) is 11.9 Å². The summed E-state index contributed by atoms with van der Waals surface area (Å²) in [5.41, 5.74) is 1.95. The number of benzene rings is 2. The van der Waals surface area contributed by atoms with Crippen molar-refractivity contribution in [2.75, 3.05) is 27.7 Å². The quantitative estimate of drug-likeness (QED) is 0.816. The van der Waals surface area contributed by atoms with E-state index in [4.69, 9.17) is 11.6 Å². The van der Waals surface area contributed by atoms with Crippen LogP contribution in [-0.4, -0.2) is 33.2 Å². The van der Waals surface area contributed by atoms with Crippen molar-refractivity contribution in [1.82, 2.24) is 0 Å². The minimum Gasteiger partial charge on any atom is -0.374 e. The maximum atomic E-state index is 12.9. The molecule has 0 spiro atoms. The fourth-order valence-electron chi connectivity index (χ4n) is 2.97. The molecule has 2 N–H and O–H groups in total. The summed E-state index contributed by atoms with van der Waals surface area (Å²) in [6.45, 7) is 0.637. The summed E-state index contributed by atoms with van der Waals surface area (Å²) in [6.07, 6.45) is 2.69. The molecular weight excluding hydrogens is 374 g/mol. The third-order valence-corrected chi connectivity index (χ3v) is 5.04. The van der Waals surface area contributed by atoms with Crippen molar-refractivity contribution in [2.45, 2.75) is 18.9 Å². The minimum absolute atomic E-state index is 0.0253. The average molecular weight is 394 g/mol. The number of piperidine rings is 1. The van der Waals surface area contributed by atoms with Gasteiger partial charge in [0.15, 0.2) is 0 Å². The monoisotopic (exact) mass is 393 g/mol. The average Bonchev–Trinajstić information content (AvgIpc) is 2.58. The topological polar surface area (TPSA) is 78.5 Å². The predicted molar refractivity (Wildman–Crippen MR) is 105 cm³/mol. The van der Waals surface area contributed by atoms with Crippen LogP contribution in [0.2, 0.25) is 5.02 Å². The maximum Gasteiger partial charge on any atom is 0.249 e. The van der Waals surface area contributed by atoms with Crippen LogP contribution >= 0.6 is 11.6 Å². The first-order chi connectivity index (χ1) is 12.3. The summed E-state index contributed by atoms with van der Waals surface area (Å²) < 4.78 is 24.9. The number of nitrogens with one attached hydrogen (secondary N) is 2. The highest BCUT2D eigenvalue weighted by molar-refractivity contribution is 7.92. The molecule has 1 fully saturated rings. The highest BCUT2D eigenvalue weighted by atomic mass is 35.5. The van der Waals surface area contributed by atoms with Gasteiger partial charge in [-0.3, -0.25) is 9.52 Å². The summed E-state index contributed by atoms with van der Waals surface area (Å²) in [5.74, 6) is -0.0253. The minimum atomic E-state index is -3.31. The van der Waals surface area contributed by atoms with Crippen molar-refractivity contribution >= 4 is 44.6 Å². The number of halogens is 1. The highest BCUT2D eigenvalue weighted by Crippen LogP contribution is 2.29. The van der Waals surface area contributed by atoms with Crippen molar-refractivity contribution in [3.05, 3.63) is 53.6 Å². The van der Waals surface area contributed by atoms with Crippen LogP contribution in [0.5, 0.6) is 0 Å². The van der Waals surface area contributed by atoms with E-state index in [1.165, 1.54) is 0 Å². The third-order valence-electron chi connectivity index (χ3n) is 4.11.